The lowest BCUT2D eigenvalue weighted by Crippen LogP contribution is -1.97. The molecular formula is C11H13NO2. The predicted octanol–water partition coefficient (Wildman–Crippen LogP) is 2.66. The zero-order chi connectivity index (χ0) is 10.6. The van der Waals surface area contributed by atoms with Gasteiger partial charge >= 0.3 is 0 Å². The Morgan fingerprint density at radius 2 is 1.86 bits per heavy atom. The highest BCUT2D eigenvalue weighted by molar-refractivity contribution is 5.96. The van der Waals surface area contributed by atoms with Gasteiger partial charge in [0.2, 0.25) is 0 Å². The minimum atomic E-state index is -0.0236. The van der Waals surface area contributed by atoms with Gasteiger partial charge in [-0.15, -0.1) is 0 Å². The first-order valence-corrected chi connectivity index (χ1v) is 4.39. The molecule has 0 atom stereocenters. The van der Waals surface area contributed by atoms with E-state index in [4.69, 9.17) is 4.84 Å². The summed E-state index contributed by atoms with van der Waals surface area (Å²) in [5.74, 6) is 0.478. The van der Waals surface area contributed by atoms with Gasteiger partial charge in [0.15, 0.2) is 11.5 Å². The Hall–Kier alpha value is -1.64. The lowest BCUT2D eigenvalue weighted by molar-refractivity contribution is 0.101. The maximum Gasteiger partial charge on any atom is 0.168 e. The minimum absolute atomic E-state index is 0.0236. The van der Waals surface area contributed by atoms with E-state index in [1.54, 1.807) is 18.2 Å². The van der Waals surface area contributed by atoms with Gasteiger partial charge in [0, 0.05) is 0 Å². The average molecular weight is 191 g/mol. The molecule has 0 fully saturated rings. The van der Waals surface area contributed by atoms with Crippen molar-refractivity contribution in [2.75, 3.05) is 0 Å². The average Bonchev–Trinajstić information content (AvgIpc) is 2.15. The third-order valence-electron chi connectivity index (χ3n) is 1.59. The van der Waals surface area contributed by atoms with E-state index >= 15 is 0 Å². The highest BCUT2D eigenvalue weighted by Gasteiger charge is 2.06. The summed E-state index contributed by atoms with van der Waals surface area (Å²) in [4.78, 5) is 16.3. The number of rotatable bonds is 3. The van der Waals surface area contributed by atoms with Crippen LogP contribution in [0.3, 0.4) is 0 Å². The van der Waals surface area contributed by atoms with Crippen LogP contribution in [0.15, 0.2) is 29.4 Å². The first-order valence-electron chi connectivity index (χ1n) is 4.39. The number of benzene rings is 1. The monoisotopic (exact) mass is 191 g/mol. The Balaban J connectivity index is 2.96. The third-order valence-corrected chi connectivity index (χ3v) is 1.59. The highest BCUT2D eigenvalue weighted by Crippen LogP contribution is 2.18. The Bertz CT molecular complexity index is 365. The summed E-state index contributed by atoms with van der Waals surface area (Å²) in [7, 11) is 0. The molecule has 3 heteroatoms. The van der Waals surface area contributed by atoms with E-state index in [9.17, 15) is 4.79 Å². The van der Waals surface area contributed by atoms with Gasteiger partial charge < -0.3 is 4.84 Å². The Morgan fingerprint density at radius 3 is 2.43 bits per heavy atom. The van der Waals surface area contributed by atoms with Gasteiger partial charge in [0.25, 0.3) is 0 Å². The summed E-state index contributed by atoms with van der Waals surface area (Å²) >= 11 is 0. The summed E-state index contributed by atoms with van der Waals surface area (Å²) < 4.78 is 0. The number of para-hydroxylation sites is 1. The Morgan fingerprint density at radius 1 is 1.21 bits per heavy atom. The number of nitrogens with zero attached hydrogens (tertiary/aromatic N) is 1. The van der Waals surface area contributed by atoms with Gasteiger partial charge in [-0.3, -0.25) is 4.79 Å². The van der Waals surface area contributed by atoms with Gasteiger partial charge in [0.1, 0.15) is 0 Å². The van der Waals surface area contributed by atoms with Crippen LogP contribution in [0.2, 0.25) is 0 Å². The summed E-state index contributed by atoms with van der Waals surface area (Å²) in [6, 6.07) is 7.05. The van der Waals surface area contributed by atoms with E-state index in [1.807, 2.05) is 19.9 Å². The van der Waals surface area contributed by atoms with Crippen molar-refractivity contribution in [2.24, 2.45) is 5.16 Å². The molecule has 14 heavy (non-hydrogen) atoms. The smallest absolute Gasteiger partial charge is 0.168 e. The molecule has 3 nitrogen and oxygen atoms in total. The molecule has 1 aromatic carbocycles. The predicted molar refractivity (Wildman–Crippen MR) is 55.9 cm³/mol. The summed E-state index contributed by atoms with van der Waals surface area (Å²) in [5.41, 5.74) is 1.36. The molecule has 0 aromatic heterocycles. The van der Waals surface area contributed by atoms with Gasteiger partial charge in [0.05, 0.1) is 11.3 Å². The topological polar surface area (TPSA) is 38.7 Å². The number of oxime groups is 1. The molecule has 0 bridgehead atoms. The number of hydrogen-bond acceptors (Lipinski definition) is 3. The molecule has 74 valence electrons. The lowest BCUT2D eigenvalue weighted by atomic mass is 10.1. The van der Waals surface area contributed by atoms with Gasteiger partial charge in [-0.2, -0.15) is 0 Å². The van der Waals surface area contributed by atoms with Crippen LogP contribution in [0.5, 0.6) is 5.75 Å². The van der Waals surface area contributed by atoms with E-state index in [2.05, 4.69) is 5.16 Å². The fraction of sp³-hybridized carbons (Fsp3) is 0.273. The molecule has 0 aliphatic heterocycles. The zero-order valence-corrected chi connectivity index (χ0v) is 8.57. The second kappa shape index (κ2) is 4.56. The Labute approximate surface area is 83.4 Å². The molecule has 1 aromatic rings. The van der Waals surface area contributed by atoms with Crippen molar-refractivity contribution >= 4 is 11.5 Å². The molecule has 0 radical (unpaired) electrons. The molecule has 0 saturated carbocycles. The number of ketones is 1. The van der Waals surface area contributed by atoms with Crippen molar-refractivity contribution < 1.29 is 9.63 Å². The van der Waals surface area contributed by atoms with Gasteiger partial charge in [-0.25, -0.2) is 0 Å². The molecule has 0 N–H and O–H groups in total. The fourth-order valence-electron chi connectivity index (χ4n) is 0.978. The summed E-state index contributed by atoms with van der Waals surface area (Å²) in [6.45, 7) is 5.16. The second-order valence-electron chi connectivity index (χ2n) is 3.18. The van der Waals surface area contributed by atoms with Crippen LogP contribution in [0.25, 0.3) is 0 Å². The van der Waals surface area contributed by atoms with Crippen LogP contribution in [-0.2, 0) is 0 Å². The second-order valence-corrected chi connectivity index (χ2v) is 3.18. The molecule has 1 rings (SSSR count). The normalized spacial score (nSPS) is 9.36. The molecule has 0 aliphatic carbocycles. The zero-order valence-electron chi connectivity index (χ0n) is 8.57. The van der Waals surface area contributed by atoms with E-state index in [0.717, 1.165) is 5.71 Å². The number of carbonyl (C=O) groups excluding carboxylic acids is 1. The standard InChI is InChI=1S/C11H13NO2/c1-8(2)12-14-11-7-5-4-6-10(11)9(3)13/h4-7H,1-3H3. The van der Waals surface area contributed by atoms with Crippen molar-refractivity contribution in [3.63, 3.8) is 0 Å². The maximum atomic E-state index is 11.2. The number of Topliss-reactive ketones (excluding diaryl/α,β-unsaturated/α-hetero) is 1. The first-order chi connectivity index (χ1) is 6.61. The van der Waals surface area contributed by atoms with Crippen molar-refractivity contribution in [3.8, 4) is 5.75 Å². The van der Waals surface area contributed by atoms with Crippen LogP contribution >= 0.6 is 0 Å². The largest absolute Gasteiger partial charge is 0.356 e. The van der Waals surface area contributed by atoms with E-state index in [0.29, 0.717) is 11.3 Å². The van der Waals surface area contributed by atoms with Crippen LogP contribution in [0, 0.1) is 0 Å². The fourth-order valence-corrected chi connectivity index (χ4v) is 0.978. The summed E-state index contributed by atoms with van der Waals surface area (Å²) in [6.07, 6.45) is 0. The van der Waals surface area contributed by atoms with Crippen molar-refractivity contribution in [2.45, 2.75) is 20.8 Å². The van der Waals surface area contributed by atoms with E-state index in [1.165, 1.54) is 6.92 Å². The highest BCUT2D eigenvalue weighted by atomic mass is 16.6. The first kappa shape index (κ1) is 10.4. The van der Waals surface area contributed by atoms with Crippen LogP contribution in [-0.4, -0.2) is 11.5 Å². The molecule has 0 spiro atoms. The quantitative estimate of drug-likeness (QED) is 0.418. The maximum absolute atomic E-state index is 11.2. The minimum Gasteiger partial charge on any atom is -0.356 e. The molecule has 0 unspecified atom stereocenters. The molecular weight excluding hydrogens is 178 g/mol. The van der Waals surface area contributed by atoms with Crippen molar-refractivity contribution in [1.82, 2.24) is 0 Å². The van der Waals surface area contributed by atoms with Gasteiger partial charge in [-0.1, -0.05) is 17.3 Å². The van der Waals surface area contributed by atoms with E-state index < -0.39 is 0 Å². The summed E-state index contributed by atoms with van der Waals surface area (Å²) in [5, 5.41) is 3.80. The Kier molecular flexibility index (Phi) is 3.40. The van der Waals surface area contributed by atoms with Crippen LogP contribution < -0.4 is 4.84 Å². The SMILES string of the molecule is CC(=O)c1ccccc1ON=C(C)C. The van der Waals surface area contributed by atoms with Gasteiger partial charge in [-0.05, 0) is 32.9 Å². The molecule has 0 aliphatic rings. The molecule has 0 saturated heterocycles. The number of hydrogen-bond donors (Lipinski definition) is 0. The third kappa shape index (κ3) is 2.69. The van der Waals surface area contributed by atoms with Crippen molar-refractivity contribution in [3.05, 3.63) is 29.8 Å². The molecule has 0 heterocycles. The number of carbonyl (C=O) groups is 1. The van der Waals surface area contributed by atoms with Crippen molar-refractivity contribution in [1.29, 1.82) is 0 Å². The van der Waals surface area contributed by atoms with E-state index in [-0.39, 0.29) is 5.78 Å². The lowest BCUT2D eigenvalue weighted by Gasteiger charge is -2.03. The van der Waals surface area contributed by atoms with Crippen LogP contribution in [0.1, 0.15) is 31.1 Å². The van der Waals surface area contributed by atoms with Crippen LogP contribution in [0.4, 0.5) is 0 Å². The molecule has 0 amide bonds.